The molecule has 23 heavy (non-hydrogen) atoms. The highest BCUT2D eigenvalue weighted by atomic mass is 15.2. The summed E-state index contributed by atoms with van der Waals surface area (Å²) in [6.07, 6.45) is 3.58. The maximum Gasteiger partial charge on any atom is 0.231 e. The summed E-state index contributed by atoms with van der Waals surface area (Å²) in [5.74, 6) is 1.49. The van der Waals surface area contributed by atoms with Crippen LogP contribution in [-0.4, -0.2) is 22.0 Å². The van der Waals surface area contributed by atoms with Crippen LogP contribution in [0.2, 0.25) is 0 Å². The average Bonchev–Trinajstić information content (AvgIpc) is 2.60. The Morgan fingerprint density at radius 1 is 1.00 bits per heavy atom. The largest absolute Gasteiger partial charge is 0.366 e. The molecule has 0 saturated carbocycles. The summed E-state index contributed by atoms with van der Waals surface area (Å²) >= 11 is 0. The van der Waals surface area contributed by atoms with Crippen molar-refractivity contribution in [1.29, 1.82) is 0 Å². The van der Waals surface area contributed by atoms with Gasteiger partial charge in [-0.05, 0) is 36.8 Å². The van der Waals surface area contributed by atoms with E-state index in [4.69, 9.17) is 0 Å². The molecule has 1 aromatic carbocycles. The molecule has 5 nitrogen and oxygen atoms in total. The lowest BCUT2D eigenvalue weighted by Crippen LogP contribution is -2.14. The van der Waals surface area contributed by atoms with E-state index in [0.29, 0.717) is 12.5 Å². The molecule has 2 heterocycles. The van der Waals surface area contributed by atoms with Gasteiger partial charge in [-0.15, -0.1) is 0 Å². The summed E-state index contributed by atoms with van der Waals surface area (Å²) in [5.41, 5.74) is 3.14. The van der Waals surface area contributed by atoms with Gasteiger partial charge in [-0.3, -0.25) is 4.98 Å². The monoisotopic (exact) mass is 305 g/mol. The van der Waals surface area contributed by atoms with Crippen molar-refractivity contribution in [3.8, 4) is 0 Å². The van der Waals surface area contributed by atoms with E-state index >= 15 is 0 Å². The molecule has 2 aromatic heterocycles. The SMILES string of the molecule is Cc1cc(NCc2ccncc2)nc(N(C)c2ccccc2)n1. The first-order chi connectivity index (χ1) is 11.2. The molecule has 0 atom stereocenters. The molecule has 0 saturated heterocycles. The Morgan fingerprint density at radius 2 is 1.74 bits per heavy atom. The van der Waals surface area contributed by atoms with E-state index in [1.807, 2.05) is 67.4 Å². The molecule has 3 rings (SSSR count). The lowest BCUT2D eigenvalue weighted by Gasteiger charge is -2.18. The predicted octanol–water partition coefficient (Wildman–Crippen LogP) is 3.56. The van der Waals surface area contributed by atoms with E-state index in [2.05, 4.69) is 20.3 Å². The van der Waals surface area contributed by atoms with Gasteiger partial charge in [0.15, 0.2) is 0 Å². The van der Waals surface area contributed by atoms with Crippen molar-refractivity contribution >= 4 is 17.5 Å². The molecule has 0 aliphatic heterocycles. The van der Waals surface area contributed by atoms with Crippen LogP contribution in [0.5, 0.6) is 0 Å². The number of aryl methyl sites for hydroxylation is 1. The van der Waals surface area contributed by atoms with E-state index in [9.17, 15) is 0 Å². The Balaban J connectivity index is 1.79. The number of rotatable bonds is 5. The van der Waals surface area contributed by atoms with Gasteiger partial charge in [-0.1, -0.05) is 18.2 Å². The van der Waals surface area contributed by atoms with Gasteiger partial charge in [-0.25, -0.2) is 4.98 Å². The average molecular weight is 305 g/mol. The topological polar surface area (TPSA) is 53.9 Å². The number of benzene rings is 1. The lowest BCUT2D eigenvalue weighted by atomic mass is 10.3. The van der Waals surface area contributed by atoms with E-state index in [1.165, 1.54) is 0 Å². The molecule has 0 aliphatic carbocycles. The van der Waals surface area contributed by atoms with E-state index < -0.39 is 0 Å². The molecule has 116 valence electrons. The third kappa shape index (κ3) is 3.83. The lowest BCUT2D eigenvalue weighted by molar-refractivity contribution is 0.997. The van der Waals surface area contributed by atoms with Crippen molar-refractivity contribution in [1.82, 2.24) is 15.0 Å². The third-order valence-corrected chi connectivity index (χ3v) is 3.51. The number of para-hydroxylation sites is 1. The van der Waals surface area contributed by atoms with Crippen molar-refractivity contribution in [2.24, 2.45) is 0 Å². The highest BCUT2D eigenvalue weighted by Gasteiger charge is 2.09. The number of aromatic nitrogens is 3. The molecule has 1 N–H and O–H groups in total. The second-order valence-electron chi connectivity index (χ2n) is 5.30. The summed E-state index contributed by atoms with van der Waals surface area (Å²) in [7, 11) is 1.97. The molecule has 0 unspecified atom stereocenters. The summed E-state index contributed by atoms with van der Waals surface area (Å²) < 4.78 is 0. The van der Waals surface area contributed by atoms with Crippen LogP contribution in [0.15, 0.2) is 60.9 Å². The van der Waals surface area contributed by atoms with Crippen LogP contribution in [0.3, 0.4) is 0 Å². The number of nitrogens with one attached hydrogen (secondary N) is 1. The number of hydrogen-bond acceptors (Lipinski definition) is 5. The Bertz CT molecular complexity index is 759. The fourth-order valence-corrected chi connectivity index (χ4v) is 2.25. The van der Waals surface area contributed by atoms with Gasteiger partial charge in [-0.2, -0.15) is 4.98 Å². The summed E-state index contributed by atoms with van der Waals surface area (Å²) in [6, 6.07) is 16.0. The van der Waals surface area contributed by atoms with Gasteiger partial charge in [0.2, 0.25) is 5.95 Å². The number of hydrogen-bond donors (Lipinski definition) is 1. The fourth-order valence-electron chi connectivity index (χ4n) is 2.25. The van der Waals surface area contributed by atoms with Crippen molar-refractivity contribution < 1.29 is 0 Å². The molecule has 0 radical (unpaired) electrons. The highest BCUT2D eigenvalue weighted by Crippen LogP contribution is 2.21. The van der Waals surface area contributed by atoms with Crippen molar-refractivity contribution in [2.45, 2.75) is 13.5 Å². The Kier molecular flexibility index (Phi) is 4.47. The maximum atomic E-state index is 4.61. The van der Waals surface area contributed by atoms with E-state index in [-0.39, 0.29) is 0 Å². The van der Waals surface area contributed by atoms with Gasteiger partial charge < -0.3 is 10.2 Å². The van der Waals surface area contributed by atoms with Crippen LogP contribution in [0.4, 0.5) is 17.5 Å². The van der Waals surface area contributed by atoms with Crippen LogP contribution in [0, 0.1) is 6.92 Å². The quantitative estimate of drug-likeness (QED) is 0.781. The van der Waals surface area contributed by atoms with Gasteiger partial charge in [0, 0.05) is 43.4 Å². The zero-order valence-corrected chi connectivity index (χ0v) is 13.3. The van der Waals surface area contributed by atoms with E-state index in [0.717, 1.165) is 22.8 Å². The first-order valence-electron chi connectivity index (χ1n) is 7.49. The smallest absolute Gasteiger partial charge is 0.231 e. The van der Waals surface area contributed by atoms with Gasteiger partial charge in [0.25, 0.3) is 0 Å². The Hall–Kier alpha value is -2.95. The second kappa shape index (κ2) is 6.87. The second-order valence-corrected chi connectivity index (χ2v) is 5.30. The van der Waals surface area contributed by atoms with Gasteiger partial charge in [0.1, 0.15) is 5.82 Å². The first-order valence-corrected chi connectivity index (χ1v) is 7.49. The molecule has 0 amide bonds. The van der Waals surface area contributed by atoms with Crippen molar-refractivity contribution in [2.75, 3.05) is 17.3 Å². The Labute approximate surface area is 136 Å². The highest BCUT2D eigenvalue weighted by molar-refractivity contribution is 5.57. The first kappa shape index (κ1) is 15.0. The molecule has 3 aromatic rings. The predicted molar refractivity (Wildman–Crippen MR) is 92.8 cm³/mol. The third-order valence-electron chi connectivity index (χ3n) is 3.51. The molecule has 0 bridgehead atoms. The zero-order chi connectivity index (χ0) is 16.1. The molecule has 0 fully saturated rings. The van der Waals surface area contributed by atoms with Crippen molar-refractivity contribution in [3.05, 3.63) is 72.2 Å². The molecular formula is C18H19N5. The number of pyridine rings is 1. The number of anilines is 3. The molecule has 0 aliphatic rings. The van der Waals surface area contributed by atoms with E-state index in [1.54, 1.807) is 12.4 Å². The van der Waals surface area contributed by atoms with Crippen LogP contribution in [0.25, 0.3) is 0 Å². The number of nitrogens with zero attached hydrogens (tertiary/aromatic N) is 4. The summed E-state index contributed by atoms with van der Waals surface area (Å²) in [4.78, 5) is 15.1. The van der Waals surface area contributed by atoms with Crippen LogP contribution < -0.4 is 10.2 Å². The molecule has 5 heteroatoms. The minimum absolute atomic E-state index is 0.674. The molecule has 0 spiro atoms. The summed E-state index contributed by atoms with van der Waals surface area (Å²) in [5, 5.41) is 3.34. The fraction of sp³-hybridized carbons (Fsp3) is 0.167. The standard InChI is InChI=1S/C18H19N5/c1-14-12-17(20-13-15-8-10-19-11-9-15)22-18(21-14)23(2)16-6-4-3-5-7-16/h3-12H,13H2,1-2H3,(H,20,21,22). The van der Waals surface area contributed by atoms with Gasteiger partial charge >= 0.3 is 0 Å². The Morgan fingerprint density at radius 3 is 2.48 bits per heavy atom. The van der Waals surface area contributed by atoms with Crippen LogP contribution in [-0.2, 0) is 6.54 Å². The van der Waals surface area contributed by atoms with Gasteiger partial charge in [0.05, 0.1) is 0 Å². The van der Waals surface area contributed by atoms with Crippen LogP contribution >= 0.6 is 0 Å². The molecular weight excluding hydrogens is 286 g/mol. The maximum absolute atomic E-state index is 4.61. The zero-order valence-electron chi connectivity index (χ0n) is 13.3. The minimum atomic E-state index is 0.674. The summed E-state index contributed by atoms with van der Waals surface area (Å²) in [6.45, 7) is 2.68. The van der Waals surface area contributed by atoms with Crippen molar-refractivity contribution in [3.63, 3.8) is 0 Å². The normalized spacial score (nSPS) is 10.3. The van der Waals surface area contributed by atoms with Crippen LogP contribution in [0.1, 0.15) is 11.3 Å². The minimum Gasteiger partial charge on any atom is -0.366 e.